The van der Waals surface area contributed by atoms with Crippen molar-refractivity contribution < 1.29 is 13.2 Å². The fraction of sp³-hybridized carbons (Fsp3) is 0.0714. The largest absolute Gasteiger partial charge is 0.295 e. The number of halogens is 4. The summed E-state index contributed by atoms with van der Waals surface area (Å²) in [7, 11) is 0. The van der Waals surface area contributed by atoms with Crippen LogP contribution in [0.15, 0.2) is 36.4 Å². The van der Waals surface area contributed by atoms with Gasteiger partial charge in [-0.1, -0.05) is 0 Å². The predicted molar refractivity (Wildman–Crippen MR) is 70.5 cm³/mol. The summed E-state index contributed by atoms with van der Waals surface area (Å²) in [6, 6.07) is 7.56. The highest BCUT2D eigenvalue weighted by molar-refractivity contribution is 6.17. The van der Waals surface area contributed by atoms with E-state index in [1.807, 2.05) is 0 Å². The molecule has 0 amide bonds. The first-order valence-corrected chi connectivity index (χ1v) is 6.32. The third-order valence-electron chi connectivity index (χ3n) is 2.97. The topological polar surface area (TPSA) is 17.8 Å². The number of alkyl halides is 1. The SMILES string of the molecule is Fc1ccc2c(c1)nc(CCl)n2-c1ccc(F)c(F)c1. The lowest BCUT2D eigenvalue weighted by Crippen LogP contribution is -2.00. The summed E-state index contributed by atoms with van der Waals surface area (Å²) in [4.78, 5) is 4.20. The number of hydrogen-bond acceptors (Lipinski definition) is 1. The lowest BCUT2D eigenvalue weighted by atomic mass is 10.2. The molecule has 0 bridgehead atoms. The van der Waals surface area contributed by atoms with E-state index in [1.54, 1.807) is 4.57 Å². The molecule has 2 nitrogen and oxygen atoms in total. The van der Waals surface area contributed by atoms with Gasteiger partial charge < -0.3 is 0 Å². The van der Waals surface area contributed by atoms with Crippen molar-refractivity contribution in [1.82, 2.24) is 9.55 Å². The first-order chi connectivity index (χ1) is 9.60. The number of nitrogens with zero attached hydrogens (tertiary/aromatic N) is 2. The minimum Gasteiger partial charge on any atom is -0.295 e. The zero-order valence-electron chi connectivity index (χ0n) is 10.1. The number of imidazole rings is 1. The van der Waals surface area contributed by atoms with Gasteiger partial charge in [0.2, 0.25) is 0 Å². The van der Waals surface area contributed by atoms with Gasteiger partial charge in [-0.05, 0) is 24.3 Å². The molecule has 20 heavy (non-hydrogen) atoms. The summed E-state index contributed by atoms with van der Waals surface area (Å²) in [6.07, 6.45) is 0. The van der Waals surface area contributed by atoms with Gasteiger partial charge in [0.25, 0.3) is 0 Å². The van der Waals surface area contributed by atoms with Gasteiger partial charge in [-0.2, -0.15) is 0 Å². The molecule has 0 unspecified atom stereocenters. The van der Waals surface area contributed by atoms with E-state index >= 15 is 0 Å². The fourth-order valence-electron chi connectivity index (χ4n) is 2.11. The Kier molecular flexibility index (Phi) is 3.14. The Labute approximate surface area is 117 Å². The lowest BCUT2D eigenvalue weighted by Gasteiger charge is -2.08. The molecule has 1 aromatic heterocycles. The van der Waals surface area contributed by atoms with E-state index in [2.05, 4.69) is 4.98 Å². The van der Waals surface area contributed by atoms with Crippen LogP contribution in [0.5, 0.6) is 0 Å². The van der Waals surface area contributed by atoms with E-state index in [-0.39, 0.29) is 5.88 Å². The van der Waals surface area contributed by atoms with Crippen LogP contribution in [0.4, 0.5) is 13.2 Å². The Hall–Kier alpha value is -2.01. The molecule has 0 spiro atoms. The third-order valence-corrected chi connectivity index (χ3v) is 3.21. The van der Waals surface area contributed by atoms with Crippen molar-refractivity contribution in [3.05, 3.63) is 59.7 Å². The number of aromatic nitrogens is 2. The fourth-order valence-corrected chi connectivity index (χ4v) is 2.28. The van der Waals surface area contributed by atoms with Crippen molar-refractivity contribution in [3.63, 3.8) is 0 Å². The summed E-state index contributed by atoms with van der Waals surface area (Å²) in [5.41, 5.74) is 1.37. The maximum atomic E-state index is 13.4. The summed E-state index contributed by atoms with van der Waals surface area (Å²) in [6.45, 7) is 0. The molecule has 0 aliphatic carbocycles. The molecule has 0 atom stereocenters. The minimum atomic E-state index is -0.966. The zero-order valence-corrected chi connectivity index (χ0v) is 10.8. The van der Waals surface area contributed by atoms with E-state index in [4.69, 9.17) is 11.6 Å². The van der Waals surface area contributed by atoms with Crippen LogP contribution in [0.3, 0.4) is 0 Å². The molecule has 2 aromatic carbocycles. The average molecular weight is 297 g/mol. The van der Waals surface area contributed by atoms with Gasteiger partial charge in [0.05, 0.1) is 22.6 Å². The van der Waals surface area contributed by atoms with Crippen molar-refractivity contribution in [2.75, 3.05) is 0 Å². The highest BCUT2D eigenvalue weighted by Crippen LogP contribution is 2.24. The second kappa shape index (κ2) is 4.83. The maximum Gasteiger partial charge on any atom is 0.160 e. The van der Waals surface area contributed by atoms with Crippen LogP contribution in [0.25, 0.3) is 16.7 Å². The van der Waals surface area contributed by atoms with Crippen LogP contribution < -0.4 is 0 Å². The van der Waals surface area contributed by atoms with Crippen LogP contribution in [0.2, 0.25) is 0 Å². The second-order valence-electron chi connectivity index (χ2n) is 4.23. The molecule has 0 saturated carbocycles. The van der Waals surface area contributed by atoms with E-state index in [1.165, 1.54) is 24.3 Å². The second-order valence-corrected chi connectivity index (χ2v) is 4.50. The van der Waals surface area contributed by atoms with E-state index in [0.717, 1.165) is 12.1 Å². The van der Waals surface area contributed by atoms with Gasteiger partial charge >= 0.3 is 0 Å². The van der Waals surface area contributed by atoms with Gasteiger partial charge in [-0.15, -0.1) is 11.6 Å². The Balaban J connectivity index is 2.30. The van der Waals surface area contributed by atoms with Gasteiger partial charge in [-0.3, -0.25) is 4.57 Å². The van der Waals surface area contributed by atoms with Crippen LogP contribution in [-0.2, 0) is 5.88 Å². The van der Waals surface area contributed by atoms with Crippen LogP contribution >= 0.6 is 11.6 Å². The Bertz CT molecular complexity index is 798. The molecular formula is C14H8ClF3N2. The van der Waals surface area contributed by atoms with Crippen molar-refractivity contribution in [2.45, 2.75) is 5.88 Å². The monoisotopic (exact) mass is 296 g/mol. The van der Waals surface area contributed by atoms with E-state index < -0.39 is 17.5 Å². The molecule has 3 aromatic rings. The van der Waals surface area contributed by atoms with E-state index in [0.29, 0.717) is 22.5 Å². The predicted octanol–water partition coefficient (Wildman–Crippen LogP) is 4.18. The highest BCUT2D eigenvalue weighted by Gasteiger charge is 2.14. The lowest BCUT2D eigenvalue weighted by molar-refractivity contribution is 0.508. The summed E-state index contributed by atoms with van der Waals surface area (Å²) >= 11 is 5.82. The molecular weight excluding hydrogens is 289 g/mol. The third kappa shape index (κ3) is 2.04. The molecule has 0 aliphatic heterocycles. The molecule has 3 rings (SSSR count). The highest BCUT2D eigenvalue weighted by atomic mass is 35.5. The van der Waals surface area contributed by atoms with Gasteiger partial charge in [0, 0.05) is 12.1 Å². The quantitative estimate of drug-likeness (QED) is 0.649. The van der Waals surface area contributed by atoms with Crippen LogP contribution in [0.1, 0.15) is 5.82 Å². The molecule has 102 valence electrons. The smallest absolute Gasteiger partial charge is 0.160 e. The maximum absolute atomic E-state index is 13.4. The molecule has 6 heteroatoms. The number of fused-ring (bicyclic) bond motifs is 1. The summed E-state index contributed by atoms with van der Waals surface area (Å²) in [5, 5.41) is 0. The van der Waals surface area contributed by atoms with Crippen molar-refractivity contribution in [1.29, 1.82) is 0 Å². The number of benzene rings is 2. The van der Waals surface area contributed by atoms with Gasteiger partial charge in [0.1, 0.15) is 11.6 Å². The van der Waals surface area contributed by atoms with E-state index in [9.17, 15) is 13.2 Å². The summed E-state index contributed by atoms with van der Waals surface area (Å²) < 4.78 is 41.2. The normalized spacial score (nSPS) is 11.2. The van der Waals surface area contributed by atoms with Crippen LogP contribution in [-0.4, -0.2) is 9.55 Å². The van der Waals surface area contributed by atoms with Crippen LogP contribution in [0, 0.1) is 17.5 Å². The van der Waals surface area contributed by atoms with Gasteiger partial charge in [0.15, 0.2) is 11.6 Å². The average Bonchev–Trinajstić information content (AvgIpc) is 2.79. The molecule has 0 fully saturated rings. The summed E-state index contributed by atoms with van der Waals surface area (Å²) in [5.74, 6) is -1.83. The van der Waals surface area contributed by atoms with Crippen molar-refractivity contribution >= 4 is 22.6 Å². The van der Waals surface area contributed by atoms with Gasteiger partial charge in [-0.25, -0.2) is 18.2 Å². The Morgan fingerprint density at radius 2 is 1.80 bits per heavy atom. The molecule has 0 aliphatic rings. The van der Waals surface area contributed by atoms with Crippen molar-refractivity contribution in [3.8, 4) is 5.69 Å². The number of rotatable bonds is 2. The van der Waals surface area contributed by atoms with Crippen molar-refractivity contribution in [2.24, 2.45) is 0 Å². The molecule has 0 N–H and O–H groups in total. The first kappa shape index (κ1) is 13.0. The minimum absolute atomic E-state index is 0.0648. The molecule has 0 saturated heterocycles. The standard InChI is InChI=1S/C14H8ClF3N2/c15-7-14-19-12-5-8(16)1-4-13(12)20(14)9-2-3-10(17)11(18)6-9/h1-6H,7H2. The Morgan fingerprint density at radius 1 is 1.00 bits per heavy atom. The first-order valence-electron chi connectivity index (χ1n) is 5.78. The number of hydrogen-bond donors (Lipinski definition) is 0. The Morgan fingerprint density at radius 3 is 2.50 bits per heavy atom. The molecule has 1 heterocycles. The zero-order chi connectivity index (χ0) is 14.3. The molecule has 0 radical (unpaired) electrons.